The minimum Gasteiger partial charge on any atom is -0.336 e. The van der Waals surface area contributed by atoms with Gasteiger partial charge < -0.3 is 4.90 Å². The Kier molecular flexibility index (Phi) is 5.06. The number of amides is 1. The zero-order chi connectivity index (χ0) is 16.9. The van der Waals surface area contributed by atoms with E-state index >= 15 is 0 Å². The first kappa shape index (κ1) is 16.4. The Balaban J connectivity index is 1.63. The molecule has 0 saturated carbocycles. The number of nitrogens with zero attached hydrogens (tertiary/aromatic N) is 2. The van der Waals surface area contributed by atoms with E-state index in [0.717, 1.165) is 29.8 Å². The molecule has 2 aromatic rings. The molecule has 0 spiro atoms. The van der Waals surface area contributed by atoms with Gasteiger partial charge in [0.05, 0.1) is 6.54 Å². The molecule has 0 bridgehead atoms. The summed E-state index contributed by atoms with van der Waals surface area (Å²) in [4.78, 5) is 27.8. The number of ketones is 1. The summed E-state index contributed by atoms with van der Waals surface area (Å²) in [6.07, 6.45) is 0. The van der Waals surface area contributed by atoms with Gasteiger partial charge in [0.15, 0.2) is 0 Å². The molecule has 124 valence electrons. The van der Waals surface area contributed by atoms with Crippen LogP contribution in [0.25, 0.3) is 11.1 Å². The van der Waals surface area contributed by atoms with Crippen LogP contribution in [0, 0.1) is 0 Å². The molecule has 0 radical (unpaired) electrons. The molecular weight excluding hydrogens is 300 g/mol. The molecule has 1 heterocycles. The SMILES string of the molecule is CC(=O)CN1CCN(C(=O)c2ccc(-c3ccccc3)cc2)CC1. The normalized spacial score (nSPS) is 15.3. The average molecular weight is 322 g/mol. The summed E-state index contributed by atoms with van der Waals surface area (Å²) in [6, 6.07) is 17.9. The minimum absolute atomic E-state index is 0.0667. The maximum absolute atomic E-state index is 12.6. The fraction of sp³-hybridized carbons (Fsp3) is 0.300. The van der Waals surface area contributed by atoms with Crippen molar-refractivity contribution in [3.63, 3.8) is 0 Å². The maximum Gasteiger partial charge on any atom is 0.253 e. The molecule has 1 aliphatic rings. The van der Waals surface area contributed by atoms with Crippen molar-refractivity contribution in [2.45, 2.75) is 6.92 Å². The number of hydrogen-bond acceptors (Lipinski definition) is 3. The highest BCUT2D eigenvalue weighted by atomic mass is 16.2. The predicted molar refractivity (Wildman–Crippen MR) is 94.9 cm³/mol. The van der Waals surface area contributed by atoms with E-state index in [-0.39, 0.29) is 11.7 Å². The summed E-state index contributed by atoms with van der Waals surface area (Å²) in [5.74, 6) is 0.239. The predicted octanol–water partition coefficient (Wildman–Crippen LogP) is 2.70. The minimum atomic E-state index is 0.0667. The van der Waals surface area contributed by atoms with Crippen molar-refractivity contribution >= 4 is 11.7 Å². The zero-order valence-corrected chi connectivity index (χ0v) is 13.9. The number of benzene rings is 2. The molecule has 1 amide bonds. The van der Waals surface area contributed by atoms with Crippen molar-refractivity contribution in [3.05, 3.63) is 60.2 Å². The zero-order valence-electron chi connectivity index (χ0n) is 13.9. The van der Waals surface area contributed by atoms with Crippen molar-refractivity contribution < 1.29 is 9.59 Å². The second-order valence-electron chi connectivity index (χ2n) is 6.21. The van der Waals surface area contributed by atoms with Gasteiger partial charge in [-0.3, -0.25) is 14.5 Å². The Morgan fingerprint density at radius 2 is 1.42 bits per heavy atom. The molecule has 3 rings (SSSR count). The molecule has 0 aliphatic carbocycles. The Morgan fingerprint density at radius 1 is 0.833 bits per heavy atom. The lowest BCUT2D eigenvalue weighted by Crippen LogP contribution is -2.49. The smallest absolute Gasteiger partial charge is 0.253 e. The Hall–Kier alpha value is -2.46. The lowest BCUT2D eigenvalue weighted by atomic mass is 10.0. The van der Waals surface area contributed by atoms with Gasteiger partial charge in [-0.1, -0.05) is 42.5 Å². The second kappa shape index (κ2) is 7.41. The summed E-state index contributed by atoms with van der Waals surface area (Å²) in [6.45, 7) is 4.94. The van der Waals surface area contributed by atoms with Crippen LogP contribution in [0.2, 0.25) is 0 Å². The Morgan fingerprint density at radius 3 is 2.00 bits per heavy atom. The van der Waals surface area contributed by atoms with E-state index < -0.39 is 0 Å². The van der Waals surface area contributed by atoms with Gasteiger partial charge in [-0.25, -0.2) is 0 Å². The van der Waals surface area contributed by atoms with Gasteiger partial charge >= 0.3 is 0 Å². The molecule has 24 heavy (non-hydrogen) atoms. The van der Waals surface area contributed by atoms with E-state index in [1.54, 1.807) is 6.92 Å². The standard InChI is InChI=1S/C20H22N2O2/c1-16(23)15-21-11-13-22(14-12-21)20(24)19-9-7-18(8-10-19)17-5-3-2-4-6-17/h2-10H,11-15H2,1H3. The molecule has 1 saturated heterocycles. The lowest BCUT2D eigenvalue weighted by Gasteiger charge is -2.34. The molecule has 1 aliphatic heterocycles. The van der Waals surface area contributed by atoms with Crippen LogP contribution in [-0.4, -0.2) is 54.2 Å². The molecule has 4 nitrogen and oxygen atoms in total. The lowest BCUT2D eigenvalue weighted by molar-refractivity contribution is -0.118. The third kappa shape index (κ3) is 3.89. The molecule has 0 unspecified atom stereocenters. The number of carbonyl (C=O) groups excluding carboxylic acids is 2. The van der Waals surface area contributed by atoms with Crippen LogP contribution in [0.1, 0.15) is 17.3 Å². The van der Waals surface area contributed by atoms with Crippen LogP contribution in [0.15, 0.2) is 54.6 Å². The van der Waals surface area contributed by atoms with Gasteiger partial charge in [0.2, 0.25) is 0 Å². The number of hydrogen-bond donors (Lipinski definition) is 0. The maximum atomic E-state index is 12.6. The topological polar surface area (TPSA) is 40.6 Å². The highest BCUT2D eigenvalue weighted by molar-refractivity contribution is 5.94. The molecule has 0 aromatic heterocycles. The van der Waals surface area contributed by atoms with Gasteiger partial charge in [0.1, 0.15) is 5.78 Å². The van der Waals surface area contributed by atoms with E-state index in [1.807, 2.05) is 47.4 Å². The van der Waals surface area contributed by atoms with Crippen LogP contribution in [0.5, 0.6) is 0 Å². The largest absolute Gasteiger partial charge is 0.336 e. The molecule has 1 fully saturated rings. The highest BCUT2D eigenvalue weighted by Crippen LogP contribution is 2.20. The second-order valence-corrected chi connectivity index (χ2v) is 6.21. The summed E-state index contributed by atoms with van der Waals surface area (Å²) >= 11 is 0. The van der Waals surface area contributed by atoms with Crippen LogP contribution >= 0.6 is 0 Å². The number of carbonyl (C=O) groups is 2. The molecule has 0 N–H and O–H groups in total. The Labute approximate surface area is 142 Å². The van der Waals surface area contributed by atoms with E-state index in [9.17, 15) is 9.59 Å². The quantitative estimate of drug-likeness (QED) is 0.869. The van der Waals surface area contributed by atoms with Gasteiger partial charge in [-0.05, 0) is 30.2 Å². The first-order valence-electron chi connectivity index (χ1n) is 8.30. The third-order valence-electron chi connectivity index (χ3n) is 4.34. The van der Waals surface area contributed by atoms with Gasteiger partial charge in [-0.2, -0.15) is 0 Å². The Bertz CT molecular complexity index is 702. The summed E-state index contributed by atoms with van der Waals surface area (Å²) in [5.41, 5.74) is 2.97. The van der Waals surface area contributed by atoms with Crippen LogP contribution < -0.4 is 0 Å². The van der Waals surface area contributed by atoms with E-state index in [4.69, 9.17) is 0 Å². The van der Waals surface area contributed by atoms with Crippen molar-refractivity contribution in [1.82, 2.24) is 9.80 Å². The van der Waals surface area contributed by atoms with Crippen molar-refractivity contribution in [3.8, 4) is 11.1 Å². The highest BCUT2D eigenvalue weighted by Gasteiger charge is 2.22. The van der Waals surface area contributed by atoms with E-state index in [0.29, 0.717) is 19.6 Å². The van der Waals surface area contributed by atoms with Gasteiger partial charge in [0.25, 0.3) is 5.91 Å². The van der Waals surface area contributed by atoms with Crippen molar-refractivity contribution in [2.75, 3.05) is 32.7 Å². The average Bonchev–Trinajstić information content (AvgIpc) is 2.62. The van der Waals surface area contributed by atoms with Crippen molar-refractivity contribution in [1.29, 1.82) is 0 Å². The van der Waals surface area contributed by atoms with Crippen LogP contribution in [0.3, 0.4) is 0 Å². The van der Waals surface area contributed by atoms with Gasteiger partial charge in [-0.15, -0.1) is 0 Å². The third-order valence-corrected chi connectivity index (χ3v) is 4.34. The fourth-order valence-corrected chi connectivity index (χ4v) is 3.04. The van der Waals surface area contributed by atoms with Gasteiger partial charge in [0, 0.05) is 31.7 Å². The van der Waals surface area contributed by atoms with Crippen LogP contribution in [0.4, 0.5) is 0 Å². The summed E-state index contributed by atoms with van der Waals surface area (Å²) in [5, 5.41) is 0. The van der Waals surface area contributed by atoms with Crippen LogP contribution in [-0.2, 0) is 4.79 Å². The van der Waals surface area contributed by atoms with E-state index in [1.165, 1.54) is 0 Å². The number of Topliss-reactive ketones (excluding diaryl/α,β-unsaturated/α-hetero) is 1. The molecule has 2 aromatic carbocycles. The molecule has 4 heteroatoms. The summed E-state index contributed by atoms with van der Waals surface area (Å²) in [7, 11) is 0. The molecule has 0 atom stereocenters. The number of piperazine rings is 1. The number of rotatable bonds is 4. The first-order chi connectivity index (χ1) is 11.6. The first-order valence-corrected chi connectivity index (χ1v) is 8.30. The summed E-state index contributed by atoms with van der Waals surface area (Å²) < 4.78 is 0. The molecular formula is C20H22N2O2. The monoisotopic (exact) mass is 322 g/mol. The fourth-order valence-electron chi connectivity index (χ4n) is 3.04. The van der Waals surface area contributed by atoms with E-state index in [2.05, 4.69) is 17.0 Å². The van der Waals surface area contributed by atoms with Crippen molar-refractivity contribution in [2.24, 2.45) is 0 Å².